The first kappa shape index (κ1) is 22.4. The van der Waals surface area contributed by atoms with E-state index in [0.717, 1.165) is 23.6 Å². The highest BCUT2D eigenvalue weighted by atomic mass is 32.2. The molecule has 1 N–H and O–H groups in total. The summed E-state index contributed by atoms with van der Waals surface area (Å²) in [5.74, 6) is -0.0479. The fourth-order valence-corrected chi connectivity index (χ4v) is 4.24. The van der Waals surface area contributed by atoms with E-state index in [9.17, 15) is 18.0 Å². The molecule has 1 amide bonds. The maximum Gasteiger partial charge on any atom is 0.338 e. The lowest BCUT2D eigenvalue weighted by Gasteiger charge is -2.35. The Hall–Kier alpha value is -1.93. The Morgan fingerprint density at radius 2 is 1.75 bits per heavy atom. The van der Waals surface area contributed by atoms with Gasteiger partial charge in [-0.25, -0.2) is 17.5 Å². The Balaban J connectivity index is 1.97. The summed E-state index contributed by atoms with van der Waals surface area (Å²) in [6, 6.07) is 5.55. The van der Waals surface area contributed by atoms with Crippen LogP contribution in [0.25, 0.3) is 0 Å². The van der Waals surface area contributed by atoms with Gasteiger partial charge in [0.25, 0.3) is 5.91 Å². The second-order valence-electron chi connectivity index (χ2n) is 7.74. The van der Waals surface area contributed by atoms with Gasteiger partial charge in [0.15, 0.2) is 6.10 Å². The van der Waals surface area contributed by atoms with Crippen molar-refractivity contribution in [3.05, 3.63) is 29.8 Å². The summed E-state index contributed by atoms with van der Waals surface area (Å²) in [6.45, 7) is 5.86. The summed E-state index contributed by atoms with van der Waals surface area (Å²) in [4.78, 5) is 24.8. The number of nitrogens with one attached hydrogen (secondary N) is 1. The van der Waals surface area contributed by atoms with E-state index < -0.39 is 22.1 Å². The normalized spacial score (nSPS) is 23.9. The SMILES string of the molecule is C[C@@H]1[C@H](C)CCC[C@@H]1NC(=O)[C@@H](C)OC(=O)c1ccc(S(=O)(=O)N(C)C)cc1. The summed E-state index contributed by atoms with van der Waals surface area (Å²) in [6.07, 6.45) is 2.24. The van der Waals surface area contributed by atoms with Gasteiger partial charge in [0.05, 0.1) is 10.5 Å². The summed E-state index contributed by atoms with van der Waals surface area (Å²) in [5, 5.41) is 3.00. The molecule has 156 valence electrons. The average molecular weight is 411 g/mol. The fourth-order valence-electron chi connectivity index (χ4n) is 3.34. The summed E-state index contributed by atoms with van der Waals surface area (Å²) < 4.78 is 30.5. The number of esters is 1. The molecular formula is C20H30N2O5S. The van der Waals surface area contributed by atoms with Crippen LogP contribution in [0.15, 0.2) is 29.2 Å². The third-order valence-electron chi connectivity index (χ3n) is 5.56. The Labute approximate surface area is 167 Å². The van der Waals surface area contributed by atoms with Gasteiger partial charge in [-0.05, 0) is 49.4 Å². The first-order valence-corrected chi connectivity index (χ1v) is 11.0. The van der Waals surface area contributed by atoms with Crippen molar-refractivity contribution in [3.63, 3.8) is 0 Å². The van der Waals surface area contributed by atoms with Gasteiger partial charge in [0, 0.05) is 20.1 Å². The molecule has 1 aromatic carbocycles. The van der Waals surface area contributed by atoms with Gasteiger partial charge in [-0.1, -0.05) is 26.7 Å². The smallest absolute Gasteiger partial charge is 0.338 e. The van der Waals surface area contributed by atoms with Crippen LogP contribution in [-0.4, -0.2) is 50.8 Å². The highest BCUT2D eigenvalue weighted by Gasteiger charge is 2.30. The monoisotopic (exact) mass is 410 g/mol. The minimum atomic E-state index is -3.56. The quantitative estimate of drug-likeness (QED) is 0.727. The van der Waals surface area contributed by atoms with E-state index >= 15 is 0 Å². The van der Waals surface area contributed by atoms with Crippen LogP contribution in [0.5, 0.6) is 0 Å². The second kappa shape index (κ2) is 9.05. The zero-order chi connectivity index (χ0) is 21.1. The lowest BCUT2D eigenvalue weighted by atomic mass is 9.78. The molecule has 0 heterocycles. The largest absolute Gasteiger partial charge is 0.449 e. The molecule has 1 saturated carbocycles. The van der Waals surface area contributed by atoms with E-state index in [1.165, 1.54) is 45.3 Å². The number of benzene rings is 1. The van der Waals surface area contributed by atoms with Gasteiger partial charge in [0.2, 0.25) is 10.0 Å². The fraction of sp³-hybridized carbons (Fsp3) is 0.600. The summed E-state index contributed by atoms with van der Waals surface area (Å²) in [5.41, 5.74) is 0.192. The molecule has 8 heteroatoms. The molecule has 7 nitrogen and oxygen atoms in total. The number of sulfonamides is 1. The Morgan fingerprint density at radius 1 is 1.14 bits per heavy atom. The van der Waals surface area contributed by atoms with Crippen LogP contribution < -0.4 is 5.32 Å². The van der Waals surface area contributed by atoms with Gasteiger partial charge < -0.3 is 10.1 Å². The molecule has 4 atom stereocenters. The number of hydrogen-bond donors (Lipinski definition) is 1. The molecule has 0 bridgehead atoms. The lowest BCUT2D eigenvalue weighted by molar-refractivity contribution is -0.130. The standard InChI is InChI=1S/C20H30N2O5S/c1-13-7-6-8-18(14(13)2)21-19(23)15(3)27-20(24)16-9-11-17(12-10-16)28(25,26)22(4)5/h9-15,18H,6-8H2,1-5H3,(H,21,23)/t13-,14-,15-,18+/m1/s1. The van der Waals surface area contributed by atoms with Crippen LogP contribution in [0.3, 0.4) is 0 Å². The molecule has 2 rings (SSSR count). The zero-order valence-corrected chi connectivity index (χ0v) is 18.0. The minimum absolute atomic E-state index is 0.0836. The summed E-state index contributed by atoms with van der Waals surface area (Å²) >= 11 is 0. The van der Waals surface area contributed by atoms with Crippen molar-refractivity contribution < 1.29 is 22.7 Å². The number of nitrogens with zero attached hydrogens (tertiary/aromatic N) is 1. The number of hydrogen-bond acceptors (Lipinski definition) is 5. The van der Waals surface area contributed by atoms with E-state index in [1.807, 2.05) is 0 Å². The van der Waals surface area contributed by atoms with Crippen molar-refractivity contribution in [1.29, 1.82) is 0 Å². The Morgan fingerprint density at radius 3 is 2.32 bits per heavy atom. The van der Waals surface area contributed by atoms with Crippen LogP contribution in [0.2, 0.25) is 0 Å². The molecular weight excluding hydrogens is 380 g/mol. The number of rotatable bonds is 6. The molecule has 1 fully saturated rings. The molecule has 1 aliphatic rings. The van der Waals surface area contributed by atoms with Gasteiger partial charge >= 0.3 is 5.97 Å². The van der Waals surface area contributed by atoms with Crippen LogP contribution in [-0.2, 0) is 19.6 Å². The van der Waals surface area contributed by atoms with Crippen LogP contribution >= 0.6 is 0 Å². The molecule has 1 aliphatic carbocycles. The molecule has 28 heavy (non-hydrogen) atoms. The van der Waals surface area contributed by atoms with Crippen LogP contribution in [0.1, 0.15) is 50.4 Å². The third kappa shape index (κ3) is 5.11. The molecule has 0 spiro atoms. The predicted molar refractivity (Wildman–Crippen MR) is 106 cm³/mol. The summed E-state index contributed by atoms with van der Waals surface area (Å²) in [7, 11) is -0.693. The van der Waals surface area contributed by atoms with Gasteiger partial charge in [-0.15, -0.1) is 0 Å². The first-order chi connectivity index (χ1) is 13.0. The number of ether oxygens (including phenoxy) is 1. The van der Waals surface area contributed by atoms with Gasteiger partial charge in [-0.3, -0.25) is 4.79 Å². The van der Waals surface area contributed by atoms with E-state index in [0.29, 0.717) is 11.8 Å². The van der Waals surface area contributed by atoms with E-state index in [2.05, 4.69) is 19.2 Å². The molecule has 0 aliphatic heterocycles. The zero-order valence-electron chi connectivity index (χ0n) is 17.1. The van der Waals surface area contributed by atoms with Crippen molar-refractivity contribution in [2.24, 2.45) is 11.8 Å². The van der Waals surface area contributed by atoms with E-state index in [-0.39, 0.29) is 22.4 Å². The number of carbonyl (C=O) groups excluding carboxylic acids is 2. The number of amides is 1. The van der Waals surface area contributed by atoms with E-state index in [4.69, 9.17) is 4.74 Å². The van der Waals surface area contributed by atoms with Crippen molar-refractivity contribution in [2.75, 3.05) is 14.1 Å². The van der Waals surface area contributed by atoms with Crippen LogP contribution in [0.4, 0.5) is 0 Å². The predicted octanol–water partition coefficient (Wildman–Crippen LogP) is 2.42. The van der Waals surface area contributed by atoms with Crippen molar-refractivity contribution in [3.8, 4) is 0 Å². The van der Waals surface area contributed by atoms with Gasteiger partial charge in [-0.2, -0.15) is 0 Å². The number of carbonyl (C=O) groups is 2. The third-order valence-corrected chi connectivity index (χ3v) is 7.39. The molecule has 0 radical (unpaired) electrons. The average Bonchev–Trinajstić information content (AvgIpc) is 2.65. The van der Waals surface area contributed by atoms with Crippen molar-refractivity contribution in [1.82, 2.24) is 9.62 Å². The van der Waals surface area contributed by atoms with Crippen molar-refractivity contribution >= 4 is 21.9 Å². The molecule has 0 aromatic heterocycles. The first-order valence-electron chi connectivity index (χ1n) is 9.58. The minimum Gasteiger partial charge on any atom is -0.449 e. The lowest BCUT2D eigenvalue weighted by Crippen LogP contribution is -2.47. The highest BCUT2D eigenvalue weighted by Crippen LogP contribution is 2.29. The highest BCUT2D eigenvalue weighted by molar-refractivity contribution is 7.89. The maximum absolute atomic E-state index is 12.4. The topological polar surface area (TPSA) is 92.8 Å². The van der Waals surface area contributed by atoms with Gasteiger partial charge in [0.1, 0.15) is 0 Å². The van der Waals surface area contributed by atoms with Crippen molar-refractivity contribution in [2.45, 2.75) is 57.1 Å². The molecule has 0 unspecified atom stereocenters. The van der Waals surface area contributed by atoms with E-state index in [1.54, 1.807) is 0 Å². The molecule has 0 saturated heterocycles. The second-order valence-corrected chi connectivity index (χ2v) is 9.89. The molecule has 1 aromatic rings. The maximum atomic E-state index is 12.4. The Kier molecular flexibility index (Phi) is 7.22. The Bertz CT molecular complexity index is 804. The van der Waals surface area contributed by atoms with Crippen LogP contribution in [0, 0.1) is 11.8 Å².